The average molecular weight is 459 g/mol. The highest BCUT2D eigenvalue weighted by Gasteiger charge is 2.25. The van der Waals surface area contributed by atoms with E-state index in [9.17, 15) is 9.18 Å². The lowest BCUT2D eigenvalue weighted by atomic mass is 9.91. The van der Waals surface area contributed by atoms with E-state index in [0.717, 1.165) is 57.1 Å². The molecule has 2 heterocycles. The van der Waals surface area contributed by atoms with Crippen LogP contribution in [0.25, 0.3) is 11.0 Å². The summed E-state index contributed by atoms with van der Waals surface area (Å²) in [5.41, 5.74) is 2.07. The molecule has 8 heteroatoms. The summed E-state index contributed by atoms with van der Waals surface area (Å²) in [6, 6.07) is 9.87. The fourth-order valence-electron chi connectivity index (χ4n) is 4.13. The second-order valence-corrected chi connectivity index (χ2v) is 7.95. The van der Waals surface area contributed by atoms with Crippen molar-refractivity contribution in [3.05, 3.63) is 53.5 Å². The molecule has 1 N–H and O–H groups in total. The molecule has 1 aliphatic heterocycles. The second kappa shape index (κ2) is 11.8. The van der Waals surface area contributed by atoms with E-state index < -0.39 is 0 Å². The van der Waals surface area contributed by atoms with Crippen LogP contribution < -0.4 is 9.47 Å². The fraction of sp³-hybridized carbons (Fsp3) is 0.440. The van der Waals surface area contributed by atoms with Gasteiger partial charge in [-0.15, -0.1) is 0 Å². The number of aliphatic hydroxyl groups excluding tert-OH is 1. The van der Waals surface area contributed by atoms with Gasteiger partial charge in [-0.25, -0.2) is 4.39 Å². The number of ketones is 1. The van der Waals surface area contributed by atoms with E-state index in [2.05, 4.69) is 10.1 Å². The molecule has 1 fully saturated rings. The molecule has 178 valence electrons. The zero-order valence-electron chi connectivity index (χ0n) is 19.3. The van der Waals surface area contributed by atoms with Crippen molar-refractivity contribution in [3.63, 3.8) is 0 Å². The van der Waals surface area contributed by atoms with Gasteiger partial charge >= 0.3 is 0 Å². The Bertz CT molecular complexity index is 1060. The molecule has 4 rings (SSSR count). The number of carbonyl (C=O) groups excluding carboxylic acids is 1. The van der Waals surface area contributed by atoms with Gasteiger partial charge in [0.05, 0.1) is 19.4 Å². The lowest BCUT2D eigenvalue weighted by Crippen LogP contribution is -2.34. The van der Waals surface area contributed by atoms with Gasteiger partial charge in [-0.2, -0.15) is 0 Å². The Morgan fingerprint density at radius 2 is 1.94 bits per heavy atom. The highest BCUT2D eigenvalue weighted by atomic mass is 19.1. The number of hydrogen-bond acceptors (Lipinski definition) is 7. The number of carbonyl (C=O) groups is 1. The molecule has 0 unspecified atom stereocenters. The second-order valence-electron chi connectivity index (χ2n) is 7.95. The maximum absolute atomic E-state index is 13.4. The number of rotatable bonds is 8. The molecule has 0 amide bonds. The van der Waals surface area contributed by atoms with Crippen LogP contribution in [0.5, 0.6) is 11.5 Å². The van der Waals surface area contributed by atoms with Crippen molar-refractivity contribution >= 4 is 16.8 Å². The van der Waals surface area contributed by atoms with Crippen molar-refractivity contribution in [1.82, 2.24) is 10.1 Å². The lowest BCUT2D eigenvalue weighted by molar-refractivity contribution is 0.101. The Hall–Kier alpha value is -2.97. The predicted octanol–water partition coefficient (Wildman–Crippen LogP) is 4.44. The molecule has 0 bridgehead atoms. The highest BCUT2D eigenvalue weighted by molar-refractivity contribution is 5.94. The number of methoxy groups -OCH3 is 1. The van der Waals surface area contributed by atoms with Crippen LogP contribution in [-0.2, 0) is 0 Å². The number of halogens is 1. The van der Waals surface area contributed by atoms with Gasteiger partial charge < -0.3 is 24.0 Å². The molecule has 0 radical (unpaired) electrons. The first kappa shape index (κ1) is 24.7. The summed E-state index contributed by atoms with van der Waals surface area (Å²) >= 11 is 0. The minimum Gasteiger partial charge on any atom is -0.493 e. The number of ether oxygens (including phenoxy) is 2. The fourth-order valence-corrected chi connectivity index (χ4v) is 4.13. The quantitative estimate of drug-likeness (QED) is 0.395. The van der Waals surface area contributed by atoms with Gasteiger partial charge in [0, 0.05) is 36.6 Å². The SMILES string of the molecule is CO.COc1cc(C(C)=O)ccc1OCCCN1CCC(c2noc3cc(F)ccc23)CC1. The van der Waals surface area contributed by atoms with Gasteiger partial charge in [0.25, 0.3) is 0 Å². The molecule has 0 aliphatic carbocycles. The number of fused-ring (bicyclic) bond motifs is 1. The first-order chi connectivity index (χ1) is 16.0. The maximum Gasteiger partial charge on any atom is 0.170 e. The third kappa shape index (κ3) is 6.09. The van der Waals surface area contributed by atoms with Gasteiger partial charge in [0.2, 0.25) is 0 Å². The molecule has 2 aromatic carbocycles. The van der Waals surface area contributed by atoms with E-state index in [-0.39, 0.29) is 11.6 Å². The minimum absolute atomic E-state index is 0.000894. The topological polar surface area (TPSA) is 85.0 Å². The monoisotopic (exact) mass is 458 g/mol. The number of piperidine rings is 1. The Morgan fingerprint density at radius 1 is 1.18 bits per heavy atom. The first-order valence-corrected chi connectivity index (χ1v) is 11.1. The van der Waals surface area contributed by atoms with Crippen molar-refractivity contribution in [3.8, 4) is 11.5 Å². The molecule has 33 heavy (non-hydrogen) atoms. The van der Waals surface area contributed by atoms with Crippen LogP contribution >= 0.6 is 0 Å². The third-order valence-electron chi connectivity index (χ3n) is 5.88. The summed E-state index contributed by atoms with van der Waals surface area (Å²) in [5, 5.41) is 12.1. The van der Waals surface area contributed by atoms with Gasteiger partial charge in [0.1, 0.15) is 5.82 Å². The van der Waals surface area contributed by atoms with Crippen molar-refractivity contribution in [2.75, 3.05) is 40.5 Å². The Labute approximate surface area is 193 Å². The van der Waals surface area contributed by atoms with Gasteiger partial charge in [-0.1, -0.05) is 5.16 Å². The van der Waals surface area contributed by atoms with Gasteiger partial charge in [-0.3, -0.25) is 4.79 Å². The largest absolute Gasteiger partial charge is 0.493 e. The molecule has 1 saturated heterocycles. The van der Waals surface area contributed by atoms with E-state index in [1.165, 1.54) is 19.1 Å². The molecule has 1 aromatic heterocycles. The standard InChI is InChI=1S/C24H27FN2O4.CH4O/c1-16(28)18-4-7-21(23(14-18)29-2)30-13-3-10-27-11-8-17(9-12-27)24-20-6-5-19(25)15-22(20)31-26-24;1-2/h4-7,14-15,17H,3,8-13H2,1-2H3;2H,1H3. The van der Waals surface area contributed by atoms with Crippen molar-refractivity contribution < 1.29 is 28.3 Å². The third-order valence-corrected chi connectivity index (χ3v) is 5.88. The van der Waals surface area contributed by atoms with E-state index in [4.69, 9.17) is 19.1 Å². The van der Waals surface area contributed by atoms with Gasteiger partial charge in [0.15, 0.2) is 22.9 Å². The number of hydrogen-bond donors (Lipinski definition) is 1. The zero-order valence-corrected chi connectivity index (χ0v) is 19.3. The van der Waals surface area contributed by atoms with Crippen LogP contribution in [-0.4, -0.2) is 61.4 Å². The van der Waals surface area contributed by atoms with Crippen molar-refractivity contribution in [2.45, 2.75) is 32.1 Å². The van der Waals surface area contributed by atoms with Crippen LogP contribution in [0.4, 0.5) is 4.39 Å². The number of benzene rings is 2. The van der Waals surface area contributed by atoms with Crippen LogP contribution in [0, 0.1) is 5.82 Å². The summed E-state index contributed by atoms with van der Waals surface area (Å²) in [5.74, 6) is 1.26. The van der Waals surface area contributed by atoms with Crippen molar-refractivity contribution in [2.24, 2.45) is 0 Å². The van der Waals surface area contributed by atoms with Crippen LogP contribution in [0.2, 0.25) is 0 Å². The minimum atomic E-state index is -0.306. The summed E-state index contributed by atoms with van der Waals surface area (Å²) in [6.07, 6.45) is 2.90. The van der Waals surface area contributed by atoms with Crippen molar-refractivity contribution in [1.29, 1.82) is 0 Å². The number of likely N-dealkylation sites (tertiary alicyclic amines) is 1. The average Bonchev–Trinajstić information content (AvgIpc) is 3.26. The highest BCUT2D eigenvalue weighted by Crippen LogP contribution is 2.33. The maximum atomic E-state index is 13.4. The van der Waals surface area contributed by atoms with Crippen LogP contribution in [0.1, 0.15) is 48.2 Å². The molecule has 0 atom stereocenters. The number of Topliss-reactive ketones (excluding diaryl/α,β-unsaturated/α-hetero) is 1. The lowest BCUT2D eigenvalue weighted by Gasteiger charge is -2.31. The molecule has 0 spiro atoms. The molecule has 3 aromatic rings. The summed E-state index contributed by atoms with van der Waals surface area (Å²) < 4.78 is 29.9. The zero-order chi connectivity index (χ0) is 23.8. The number of aromatic nitrogens is 1. The van der Waals surface area contributed by atoms with E-state index in [1.54, 1.807) is 31.4 Å². The molecule has 7 nitrogen and oxygen atoms in total. The summed E-state index contributed by atoms with van der Waals surface area (Å²) in [4.78, 5) is 13.9. The Balaban J connectivity index is 0.00000149. The first-order valence-electron chi connectivity index (χ1n) is 11.1. The van der Waals surface area contributed by atoms with Crippen LogP contribution in [0.3, 0.4) is 0 Å². The number of nitrogens with zero attached hydrogens (tertiary/aromatic N) is 2. The molecular formula is C25H31FN2O5. The normalized spacial score (nSPS) is 14.6. The van der Waals surface area contributed by atoms with Gasteiger partial charge in [-0.05, 0) is 69.6 Å². The molecular weight excluding hydrogens is 427 g/mol. The summed E-state index contributed by atoms with van der Waals surface area (Å²) in [7, 11) is 2.57. The van der Waals surface area contributed by atoms with E-state index in [0.29, 0.717) is 35.2 Å². The predicted molar refractivity (Wildman–Crippen MR) is 124 cm³/mol. The van der Waals surface area contributed by atoms with Crippen LogP contribution in [0.15, 0.2) is 40.9 Å². The van der Waals surface area contributed by atoms with E-state index in [1.807, 2.05) is 0 Å². The Morgan fingerprint density at radius 3 is 2.64 bits per heavy atom. The number of aliphatic hydroxyl groups is 1. The summed E-state index contributed by atoms with van der Waals surface area (Å²) in [6.45, 7) is 5.03. The Kier molecular flexibility index (Phi) is 8.79. The van der Waals surface area contributed by atoms with E-state index >= 15 is 0 Å². The smallest absolute Gasteiger partial charge is 0.170 e. The molecule has 1 aliphatic rings. The molecule has 0 saturated carbocycles.